The lowest BCUT2D eigenvalue weighted by molar-refractivity contribution is 0.460. The minimum absolute atomic E-state index is 0.0794. The summed E-state index contributed by atoms with van der Waals surface area (Å²) in [6, 6.07) is 3.68. The Balaban J connectivity index is 1.98. The molecular formula is C10H15N3O. The van der Waals surface area contributed by atoms with Crippen LogP contribution in [0.25, 0.3) is 0 Å². The summed E-state index contributed by atoms with van der Waals surface area (Å²) in [7, 11) is 2.04. The van der Waals surface area contributed by atoms with E-state index in [2.05, 4.69) is 9.89 Å². The van der Waals surface area contributed by atoms with Gasteiger partial charge in [0.2, 0.25) is 0 Å². The van der Waals surface area contributed by atoms with E-state index in [-0.39, 0.29) is 6.04 Å². The van der Waals surface area contributed by atoms with Crippen molar-refractivity contribution in [1.29, 1.82) is 0 Å². The van der Waals surface area contributed by atoms with Crippen LogP contribution in [0.1, 0.15) is 18.2 Å². The zero-order valence-corrected chi connectivity index (χ0v) is 8.31. The predicted octanol–water partition coefficient (Wildman–Crippen LogP) is 1.01. The smallest absolute Gasteiger partial charge is 0.120 e. The second-order valence-electron chi connectivity index (χ2n) is 3.55. The molecule has 1 atom stereocenters. The second kappa shape index (κ2) is 3.84. The van der Waals surface area contributed by atoms with Gasteiger partial charge in [0.05, 0.1) is 18.8 Å². The molecule has 1 aromatic rings. The largest absolute Gasteiger partial charge is 0.468 e. The summed E-state index contributed by atoms with van der Waals surface area (Å²) in [5.74, 6) is 1.90. The fraction of sp³-hybridized carbons (Fsp3) is 0.500. The minimum atomic E-state index is -0.0794. The van der Waals surface area contributed by atoms with Crippen molar-refractivity contribution in [3.63, 3.8) is 0 Å². The van der Waals surface area contributed by atoms with Gasteiger partial charge in [-0.15, -0.1) is 0 Å². The van der Waals surface area contributed by atoms with Crippen LogP contribution in [0.15, 0.2) is 27.8 Å². The molecule has 0 radical (unpaired) electrons. The Kier molecular flexibility index (Phi) is 2.54. The van der Waals surface area contributed by atoms with Gasteiger partial charge < -0.3 is 15.1 Å². The van der Waals surface area contributed by atoms with Gasteiger partial charge in [0, 0.05) is 20.0 Å². The summed E-state index contributed by atoms with van der Waals surface area (Å²) < 4.78 is 5.24. The van der Waals surface area contributed by atoms with Gasteiger partial charge >= 0.3 is 0 Å². The lowest BCUT2D eigenvalue weighted by atomic mass is 10.1. The number of hydrogen-bond acceptors (Lipinski definition) is 4. The van der Waals surface area contributed by atoms with Crippen molar-refractivity contribution >= 4 is 5.84 Å². The van der Waals surface area contributed by atoms with Crippen LogP contribution in [0.2, 0.25) is 0 Å². The lowest BCUT2D eigenvalue weighted by Gasteiger charge is -2.16. The van der Waals surface area contributed by atoms with E-state index in [4.69, 9.17) is 10.2 Å². The summed E-state index contributed by atoms with van der Waals surface area (Å²) in [5, 5.41) is 0. The van der Waals surface area contributed by atoms with Gasteiger partial charge in [-0.05, 0) is 12.1 Å². The van der Waals surface area contributed by atoms with Gasteiger partial charge in [0.1, 0.15) is 11.6 Å². The number of hydrogen-bond donors (Lipinski definition) is 1. The Bertz CT molecular complexity index is 318. The summed E-state index contributed by atoms with van der Waals surface area (Å²) in [5.41, 5.74) is 5.98. The van der Waals surface area contributed by atoms with Gasteiger partial charge in [-0.1, -0.05) is 0 Å². The van der Waals surface area contributed by atoms with Crippen molar-refractivity contribution in [3.05, 3.63) is 24.2 Å². The second-order valence-corrected chi connectivity index (χ2v) is 3.55. The van der Waals surface area contributed by atoms with Crippen molar-refractivity contribution in [2.75, 3.05) is 20.1 Å². The van der Waals surface area contributed by atoms with Crippen molar-refractivity contribution in [1.82, 2.24) is 4.90 Å². The average molecular weight is 193 g/mol. The van der Waals surface area contributed by atoms with E-state index in [1.807, 2.05) is 19.2 Å². The van der Waals surface area contributed by atoms with Crippen molar-refractivity contribution in [3.8, 4) is 0 Å². The molecule has 0 amide bonds. The number of aliphatic imine (C=N–C) groups is 1. The van der Waals surface area contributed by atoms with E-state index in [0.717, 1.165) is 31.1 Å². The van der Waals surface area contributed by atoms with E-state index in [1.54, 1.807) is 6.26 Å². The SMILES string of the molecule is CN1CCN=C1CC(N)c1ccco1. The molecule has 1 aromatic heterocycles. The molecular weight excluding hydrogens is 178 g/mol. The minimum Gasteiger partial charge on any atom is -0.468 e. The van der Waals surface area contributed by atoms with Crippen molar-refractivity contribution in [2.45, 2.75) is 12.5 Å². The van der Waals surface area contributed by atoms with E-state index >= 15 is 0 Å². The number of likely N-dealkylation sites (N-methyl/N-ethyl adjacent to an activating group) is 1. The van der Waals surface area contributed by atoms with Crippen LogP contribution >= 0.6 is 0 Å². The molecule has 1 aliphatic heterocycles. The highest BCUT2D eigenvalue weighted by molar-refractivity contribution is 5.84. The summed E-state index contributed by atoms with van der Waals surface area (Å²) in [4.78, 5) is 6.53. The van der Waals surface area contributed by atoms with Crippen LogP contribution in [0.3, 0.4) is 0 Å². The van der Waals surface area contributed by atoms with E-state index < -0.39 is 0 Å². The highest BCUT2D eigenvalue weighted by Crippen LogP contribution is 2.17. The van der Waals surface area contributed by atoms with Gasteiger partial charge in [-0.3, -0.25) is 4.99 Å². The van der Waals surface area contributed by atoms with E-state index in [1.165, 1.54) is 0 Å². The molecule has 2 heterocycles. The number of nitrogens with zero attached hydrogens (tertiary/aromatic N) is 2. The lowest BCUT2D eigenvalue weighted by Crippen LogP contribution is -2.26. The Morgan fingerprint density at radius 1 is 1.71 bits per heavy atom. The molecule has 0 saturated heterocycles. The van der Waals surface area contributed by atoms with Crippen LogP contribution in [-0.4, -0.2) is 30.9 Å². The molecule has 1 unspecified atom stereocenters. The van der Waals surface area contributed by atoms with Crippen LogP contribution in [0.4, 0.5) is 0 Å². The van der Waals surface area contributed by atoms with E-state index in [9.17, 15) is 0 Å². The number of amidine groups is 1. The Hall–Kier alpha value is -1.29. The number of rotatable bonds is 3. The zero-order chi connectivity index (χ0) is 9.97. The van der Waals surface area contributed by atoms with Crippen LogP contribution in [0, 0.1) is 0 Å². The fourth-order valence-corrected chi connectivity index (χ4v) is 1.60. The van der Waals surface area contributed by atoms with Gasteiger partial charge in [0.15, 0.2) is 0 Å². The first-order valence-electron chi connectivity index (χ1n) is 4.81. The van der Waals surface area contributed by atoms with Crippen LogP contribution in [-0.2, 0) is 0 Å². The normalized spacial score (nSPS) is 18.4. The topological polar surface area (TPSA) is 54.8 Å². The number of furan rings is 1. The average Bonchev–Trinajstić information content (AvgIpc) is 2.77. The first-order valence-corrected chi connectivity index (χ1v) is 4.81. The molecule has 0 aliphatic carbocycles. The predicted molar refractivity (Wildman–Crippen MR) is 55.2 cm³/mol. The maximum absolute atomic E-state index is 5.98. The van der Waals surface area contributed by atoms with Crippen LogP contribution < -0.4 is 5.73 Å². The summed E-state index contributed by atoms with van der Waals surface area (Å²) >= 11 is 0. The molecule has 0 bridgehead atoms. The first kappa shape index (κ1) is 9.27. The Morgan fingerprint density at radius 3 is 3.14 bits per heavy atom. The van der Waals surface area contributed by atoms with Gasteiger partial charge in [-0.25, -0.2) is 0 Å². The Morgan fingerprint density at radius 2 is 2.57 bits per heavy atom. The third kappa shape index (κ3) is 1.80. The molecule has 76 valence electrons. The third-order valence-corrected chi connectivity index (χ3v) is 2.48. The summed E-state index contributed by atoms with van der Waals surface area (Å²) in [6.45, 7) is 1.89. The molecule has 4 heteroatoms. The van der Waals surface area contributed by atoms with Gasteiger partial charge in [0.25, 0.3) is 0 Å². The zero-order valence-electron chi connectivity index (χ0n) is 8.31. The first-order chi connectivity index (χ1) is 6.77. The quantitative estimate of drug-likeness (QED) is 0.779. The monoisotopic (exact) mass is 193 g/mol. The molecule has 0 aromatic carbocycles. The van der Waals surface area contributed by atoms with E-state index in [0.29, 0.717) is 0 Å². The van der Waals surface area contributed by atoms with Crippen molar-refractivity contribution < 1.29 is 4.42 Å². The summed E-state index contributed by atoms with van der Waals surface area (Å²) in [6.07, 6.45) is 2.40. The maximum Gasteiger partial charge on any atom is 0.120 e. The van der Waals surface area contributed by atoms with Crippen LogP contribution in [0.5, 0.6) is 0 Å². The molecule has 14 heavy (non-hydrogen) atoms. The fourth-order valence-electron chi connectivity index (χ4n) is 1.60. The molecule has 0 fully saturated rings. The highest BCUT2D eigenvalue weighted by atomic mass is 16.3. The third-order valence-electron chi connectivity index (χ3n) is 2.48. The molecule has 0 spiro atoms. The molecule has 2 rings (SSSR count). The standard InChI is InChI=1S/C10H15N3O/c1-13-5-4-12-10(13)7-8(11)9-3-2-6-14-9/h2-3,6,8H,4-5,7,11H2,1H3. The van der Waals surface area contributed by atoms with Crippen molar-refractivity contribution in [2.24, 2.45) is 10.7 Å². The molecule has 1 aliphatic rings. The highest BCUT2D eigenvalue weighted by Gasteiger charge is 2.18. The Labute approximate surface area is 83.4 Å². The van der Waals surface area contributed by atoms with Gasteiger partial charge in [-0.2, -0.15) is 0 Å². The number of nitrogens with two attached hydrogens (primary N) is 1. The molecule has 2 N–H and O–H groups in total. The molecule has 0 saturated carbocycles. The maximum atomic E-state index is 5.98. The molecule has 4 nitrogen and oxygen atoms in total.